The van der Waals surface area contributed by atoms with E-state index in [1.54, 1.807) is 18.2 Å². The highest BCUT2D eigenvalue weighted by Crippen LogP contribution is 2.24. The van der Waals surface area contributed by atoms with Crippen LogP contribution in [0.5, 0.6) is 0 Å². The quantitative estimate of drug-likeness (QED) is 0.792. The van der Waals surface area contributed by atoms with Gasteiger partial charge in [0, 0.05) is 12.5 Å². The van der Waals surface area contributed by atoms with E-state index in [9.17, 15) is 12.8 Å². The number of aromatic nitrogens is 1. The van der Waals surface area contributed by atoms with Crippen molar-refractivity contribution in [2.75, 3.05) is 12.9 Å². The van der Waals surface area contributed by atoms with E-state index in [4.69, 9.17) is 4.52 Å². The summed E-state index contributed by atoms with van der Waals surface area (Å²) in [7, 11) is -3.47. The molecule has 0 N–H and O–H groups in total. The average Bonchev–Trinajstić information content (AvgIpc) is 2.79. The second-order valence-electron chi connectivity index (χ2n) is 4.44. The van der Waals surface area contributed by atoms with Crippen molar-refractivity contribution in [3.8, 4) is 11.3 Å². The highest BCUT2D eigenvalue weighted by atomic mass is 32.2. The number of aryl methyl sites for hydroxylation is 1. The Bertz CT molecular complexity index is 709. The van der Waals surface area contributed by atoms with Gasteiger partial charge in [0.05, 0.1) is 24.1 Å². The van der Waals surface area contributed by atoms with Crippen LogP contribution in [-0.4, -0.2) is 26.4 Å². The van der Waals surface area contributed by atoms with Gasteiger partial charge in [0.15, 0.2) is 5.76 Å². The summed E-state index contributed by atoms with van der Waals surface area (Å²) < 4.78 is 45.0. The number of hydrogen-bond donors (Lipinski definition) is 0. The zero-order chi connectivity index (χ0) is 14.8. The first kappa shape index (κ1) is 14.7. The maximum Gasteiger partial charge on any atom is 0.264 e. The van der Waals surface area contributed by atoms with E-state index in [1.807, 2.05) is 6.92 Å². The van der Waals surface area contributed by atoms with Crippen LogP contribution in [0.15, 0.2) is 28.8 Å². The summed E-state index contributed by atoms with van der Waals surface area (Å²) in [5, 5.41) is 3.77. The summed E-state index contributed by atoms with van der Waals surface area (Å²) in [6, 6.07) is 6.26. The Hall–Kier alpha value is -1.73. The highest BCUT2D eigenvalue weighted by molar-refractivity contribution is 7.85. The van der Waals surface area contributed by atoms with Crippen LogP contribution in [0, 0.1) is 12.7 Å². The van der Waals surface area contributed by atoms with Crippen molar-refractivity contribution >= 4 is 10.1 Å². The largest absolute Gasteiger partial charge is 0.356 e. The summed E-state index contributed by atoms with van der Waals surface area (Å²) in [5.41, 5.74) is 1.73. The number of nitrogens with zero attached hydrogens (tertiary/aromatic N) is 1. The van der Waals surface area contributed by atoms with E-state index in [0.717, 1.165) is 11.8 Å². The van der Waals surface area contributed by atoms with E-state index >= 15 is 0 Å². The minimum Gasteiger partial charge on any atom is -0.356 e. The van der Waals surface area contributed by atoms with E-state index in [0.29, 0.717) is 17.0 Å². The molecule has 0 atom stereocenters. The molecule has 1 aromatic heterocycles. The topological polar surface area (TPSA) is 69.4 Å². The molecule has 0 bridgehead atoms. The molecule has 0 fully saturated rings. The van der Waals surface area contributed by atoms with Crippen molar-refractivity contribution in [1.29, 1.82) is 0 Å². The molecule has 1 heterocycles. The Morgan fingerprint density at radius 3 is 2.80 bits per heavy atom. The van der Waals surface area contributed by atoms with Crippen LogP contribution in [0.3, 0.4) is 0 Å². The Morgan fingerprint density at radius 1 is 1.35 bits per heavy atom. The SMILES string of the molecule is Cc1ccc(F)c(-c2cc(CCOS(C)(=O)=O)no2)c1. The summed E-state index contributed by atoms with van der Waals surface area (Å²) in [4.78, 5) is 0. The van der Waals surface area contributed by atoms with Gasteiger partial charge in [-0.1, -0.05) is 16.8 Å². The molecule has 0 radical (unpaired) electrons. The van der Waals surface area contributed by atoms with Gasteiger partial charge in [-0.05, 0) is 19.1 Å². The summed E-state index contributed by atoms with van der Waals surface area (Å²) in [6.07, 6.45) is 1.24. The molecule has 0 spiro atoms. The van der Waals surface area contributed by atoms with Crippen LogP contribution in [0.2, 0.25) is 0 Å². The minimum absolute atomic E-state index is 0.0267. The fraction of sp³-hybridized carbons (Fsp3) is 0.308. The minimum atomic E-state index is -3.47. The molecule has 0 saturated carbocycles. The third-order valence-corrected chi connectivity index (χ3v) is 3.20. The lowest BCUT2D eigenvalue weighted by Crippen LogP contribution is -2.06. The molecule has 20 heavy (non-hydrogen) atoms. The van der Waals surface area contributed by atoms with Crippen molar-refractivity contribution < 1.29 is 21.5 Å². The molecule has 1 aromatic carbocycles. The van der Waals surface area contributed by atoms with Crippen LogP contribution in [-0.2, 0) is 20.7 Å². The number of halogens is 1. The standard InChI is InChI=1S/C13H14FNO4S/c1-9-3-4-12(14)11(7-9)13-8-10(15-19-13)5-6-18-20(2,16)17/h3-4,7-8H,5-6H2,1-2H3. The molecule has 0 amide bonds. The van der Waals surface area contributed by atoms with Crippen molar-refractivity contribution in [1.82, 2.24) is 5.16 Å². The van der Waals surface area contributed by atoms with Gasteiger partial charge in [-0.25, -0.2) is 4.39 Å². The van der Waals surface area contributed by atoms with Crippen LogP contribution in [0.1, 0.15) is 11.3 Å². The maximum atomic E-state index is 13.7. The van der Waals surface area contributed by atoms with Crippen molar-refractivity contribution in [3.05, 3.63) is 41.3 Å². The predicted molar refractivity (Wildman–Crippen MR) is 71.1 cm³/mol. The first-order valence-corrected chi connectivity index (χ1v) is 7.73. The van der Waals surface area contributed by atoms with Gasteiger partial charge in [0.25, 0.3) is 10.1 Å². The molecule has 0 aliphatic heterocycles. The molecule has 5 nitrogen and oxygen atoms in total. The number of rotatable bonds is 5. The van der Waals surface area contributed by atoms with Crippen molar-refractivity contribution in [2.45, 2.75) is 13.3 Å². The zero-order valence-corrected chi connectivity index (χ0v) is 11.9. The van der Waals surface area contributed by atoms with E-state index < -0.39 is 15.9 Å². The molecule has 2 aromatic rings. The van der Waals surface area contributed by atoms with Gasteiger partial charge in [-0.3, -0.25) is 4.18 Å². The Morgan fingerprint density at radius 2 is 2.10 bits per heavy atom. The van der Waals surface area contributed by atoms with E-state index in [-0.39, 0.29) is 13.0 Å². The van der Waals surface area contributed by atoms with E-state index in [1.165, 1.54) is 6.07 Å². The molecule has 108 valence electrons. The van der Waals surface area contributed by atoms with Gasteiger partial charge in [-0.2, -0.15) is 8.42 Å². The van der Waals surface area contributed by atoms with Gasteiger partial charge in [0.1, 0.15) is 5.82 Å². The summed E-state index contributed by atoms with van der Waals surface area (Å²) >= 11 is 0. The Labute approximate surface area is 116 Å². The third kappa shape index (κ3) is 3.88. The summed E-state index contributed by atoms with van der Waals surface area (Å²) in [5.74, 6) is -0.0914. The molecule has 0 saturated heterocycles. The lowest BCUT2D eigenvalue weighted by Gasteiger charge is -1.99. The van der Waals surface area contributed by atoms with Crippen LogP contribution < -0.4 is 0 Å². The molecule has 0 aliphatic carbocycles. The van der Waals surface area contributed by atoms with Crippen LogP contribution in [0.25, 0.3) is 11.3 Å². The lowest BCUT2D eigenvalue weighted by atomic mass is 10.1. The van der Waals surface area contributed by atoms with Gasteiger partial charge in [0.2, 0.25) is 0 Å². The van der Waals surface area contributed by atoms with Gasteiger partial charge >= 0.3 is 0 Å². The van der Waals surface area contributed by atoms with Gasteiger partial charge < -0.3 is 4.52 Å². The zero-order valence-electron chi connectivity index (χ0n) is 11.1. The molecule has 2 rings (SSSR count). The second-order valence-corrected chi connectivity index (χ2v) is 6.09. The molecular weight excluding hydrogens is 285 g/mol. The first-order valence-electron chi connectivity index (χ1n) is 5.92. The molecule has 0 aliphatic rings. The monoisotopic (exact) mass is 299 g/mol. The molecular formula is C13H14FNO4S. The maximum absolute atomic E-state index is 13.7. The van der Waals surface area contributed by atoms with Crippen LogP contribution >= 0.6 is 0 Å². The second kappa shape index (κ2) is 5.72. The Balaban J connectivity index is 2.11. The van der Waals surface area contributed by atoms with E-state index in [2.05, 4.69) is 9.34 Å². The third-order valence-electron chi connectivity index (χ3n) is 2.60. The Kier molecular flexibility index (Phi) is 4.20. The summed E-state index contributed by atoms with van der Waals surface area (Å²) in [6.45, 7) is 1.82. The fourth-order valence-corrected chi connectivity index (χ4v) is 2.07. The average molecular weight is 299 g/mol. The molecule has 7 heteroatoms. The lowest BCUT2D eigenvalue weighted by molar-refractivity contribution is 0.320. The first-order chi connectivity index (χ1) is 9.35. The number of hydrogen-bond acceptors (Lipinski definition) is 5. The molecule has 0 unspecified atom stereocenters. The van der Waals surface area contributed by atoms with Crippen molar-refractivity contribution in [2.24, 2.45) is 0 Å². The van der Waals surface area contributed by atoms with Gasteiger partial charge in [-0.15, -0.1) is 0 Å². The van der Waals surface area contributed by atoms with Crippen molar-refractivity contribution in [3.63, 3.8) is 0 Å². The smallest absolute Gasteiger partial charge is 0.264 e. The van der Waals surface area contributed by atoms with Crippen LogP contribution in [0.4, 0.5) is 4.39 Å². The highest BCUT2D eigenvalue weighted by Gasteiger charge is 2.12. The number of benzene rings is 1. The predicted octanol–water partition coefficient (Wildman–Crippen LogP) is 2.31. The normalized spacial score (nSPS) is 11.8. The fourth-order valence-electron chi connectivity index (χ4n) is 1.68.